The monoisotopic (exact) mass is 285 g/mol. The smallest absolute Gasteiger partial charge is 0.317 e. The number of hydrogen-bond acceptors (Lipinski definition) is 3. The number of urea groups is 1. The van der Waals surface area contributed by atoms with Gasteiger partial charge in [0.1, 0.15) is 0 Å². The van der Waals surface area contributed by atoms with Crippen LogP contribution >= 0.6 is 0 Å². The maximum atomic E-state index is 11.9. The molecule has 1 unspecified atom stereocenters. The molecule has 0 aromatic carbocycles. The number of hydrogen-bond donors (Lipinski definition) is 3. The van der Waals surface area contributed by atoms with Gasteiger partial charge >= 0.3 is 12.0 Å². The lowest BCUT2D eigenvalue weighted by molar-refractivity contribution is -0.137. The standard InChI is InChI=1S/C13H23N3O4/c1-14-12(19)10-5-4-8-16(9-10)13(20)15-7-3-2-6-11(17)18/h10H,2-9H2,1H3,(H,14,19)(H,15,20)(H,17,18). The molecule has 1 saturated heterocycles. The average Bonchev–Trinajstić information content (AvgIpc) is 2.45. The molecule has 7 heteroatoms. The maximum Gasteiger partial charge on any atom is 0.317 e. The minimum atomic E-state index is -0.819. The summed E-state index contributed by atoms with van der Waals surface area (Å²) >= 11 is 0. The van der Waals surface area contributed by atoms with E-state index in [-0.39, 0.29) is 24.3 Å². The Bertz CT molecular complexity index is 360. The summed E-state index contributed by atoms with van der Waals surface area (Å²) in [6, 6.07) is -0.172. The lowest BCUT2D eigenvalue weighted by Crippen LogP contribution is -2.48. The van der Waals surface area contributed by atoms with Gasteiger partial charge in [0, 0.05) is 33.1 Å². The van der Waals surface area contributed by atoms with Crippen LogP contribution in [-0.4, -0.2) is 54.6 Å². The molecule has 1 rings (SSSR count). The minimum Gasteiger partial charge on any atom is -0.481 e. The fourth-order valence-corrected chi connectivity index (χ4v) is 2.29. The van der Waals surface area contributed by atoms with Crippen molar-refractivity contribution in [2.45, 2.75) is 32.1 Å². The molecule has 0 aromatic rings. The second-order valence-corrected chi connectivity index (χ2v) is 4.98. The Morgan fingerprint density at radius 2 is 2.05 bits per heavy atom. The third-order valence-electron chi connectivity index (χ3n) is 3.42. The second kappa shape index (κ2) is 8.39. The van der Waals surface area contributed by atoms with Gasteiger partial charge in [0.15, 0.2) is 0 Å². The Morgan fingerprint density at radius 1 is 1.30 bits per heavy atom. The van der Waals surface area contributed by atoms with Crippen LogP contribution in [0.5, 0.6) is 0 Å². The molecule has 0 spiro atoms. The molecule has 3 amide bonds. The minimum absolute atomic E-state index is 0.0241. The molecule has 3 N–H and O–H groups in total. The predicted molar refractivity (Wildman–Crippen MR) is 73.2 cm³/mol. The molecular formula is C13H23N3O4. The molecule has 0 bridgehead atoms. The first-order valence-electron chi connectivity index (χ1n) is 7.00. The van der Waals surface area contributed by atoms with Crippen molar-refractivity contribution in [3.63, 3.8) is 0 Å². The van der Waals surface area contributed by atoms with Gasteiger partial charge in [0.25, 0.3) is 0 Å². The van der Waals surface area contributed by atoms with E-state index in [4.69, 9.17) is 5.11 Å². The third-order valence-corrected chi connectivity index (χ3v) is 3.42. The number of carboxylic acid groups (broad SMARTS) is 1. The van der Waals surface area contributed by atoms with Crippen LogP contribution in [-0.2, 0) is 9.59 Å². The highest BCUT2D eigenvalue weighted by atomic mass is 16.4. The van der Waals surface area contributed by atoms with Gasteiger partial charge in [-0.3, -0.25) is 9.59 Å². The van der Waals surface area contributed by atoms with Crippen molar-refractivity contribution in [2.24, 2.45) is 5.92 Å². The largest absolute Gasteiger partial charge is 0.481 e. The van der Waals surface area contributed by atoms with E-state index in [0.717, 1.165) is 12.8 Å². The lowest BCUT2D eigenvalue weighted by Gasteiger charge is -2.31. The SMILES string of the molecule is CNC(=O)C1CCCN(C(=O)NCCCCC(=O)O)C1. The van der Waals surface area contributed by atoms with Gasteiger partial charge in [-0.1, -0.05) is 0 Å². The van der Waals surface area contributed by atoms with E-state index in [2.05, 4.69) is 10.6 Å². The molecule has 0 aromatic heterocycles. The predicted octanol–water partition coefficient (Wildman–Crippen LogP) is 0.409. The molecule has 20 heavy (non-hydrogen) atoms. The van der Waals surface area contributed by atoms with Gasteiger partial charge < -0.3 is 20.6 Å². The molecule has 0 radical (unpaired) electrons. The van der Waals surface area contributed by atoms with E-state index in [1.54, 1.807) is 11.9 Å². The molecule has 1 aliphatic rings. The Morgan fingerprint density at radius 3 is 2.70 bits per heavy atom. The van der Waals surface area contributed by atoms with Gasteiger partial charge in [-0.05, 0) is 25.7 Å². The first-order chi connectivity index (χ1) is 9.54. The number of likely N-dealkylation sites (tertiary alicyclic amines) is 1. The number of carbonyl (C=O) groups excluding carboxylic acids is 2. The van der Waals surface area contributed by atoms with E-state index in [0.29, 0.717) is 32.5 Å². The third kappa shape index (κ3) is 5.46. The normalized spacial score (nSPS) is 18.4. The fraction of sp³-hybridized carbons (Fsp3) is 0.769. The molecule has 1 fully saturated rings. The Balaban J connectivity index is 2.25. The first-order valence-corrected chi connectivity index (χ1v) is 7.00. The Kier molecular flexibility index (Phi) is 6.83. The number of rotatable bonds is 6. The van der Waals surface area contributed by atoms with Crippen molar-refractivity contribution in [1.29, 1.82) is 0 Å². The van der Waals surface area contributed by atoms with Crippen LogP contribution in [0.1, 0.15) is 32.1 Å². The summed E-state index contributed by atoms with van der Waals surface area (Å²) in [5, 5.41) is 13.9. The van der Waals surface area contributed by atoms with Crippen LogP contribution < -0.4 is 10.6 Å². The summed E-state index contributed by atoms with van der Waals surface area (Å²) in [7, 11) is 1.60. The van der Waals surface area contributed by atoms with Crippen LogP contribution in [0.2, 0.25) is 0 Å². The molecule has 7 nitrogen and oxygen atoms in total. The number of aliphatic carboxylic acids is 1. The lowest BCUT2D eigenvalue weighted by atomic mass is 9.97. The van der Waals surface area contributed by atoms with Gasteiger partial charge in [0.2, 0.25) is 5.91 Å². The zero-order valence-corrected chi connectivity index (χ0v) is 11.9. The number of unbranched alkanes of at least 4 members (excludes halogenated alkanes) is 1. The first kappa shape index (κ1) is 16.3. The quantitative estimate of drug-likeness (QED) is 0.615. The number of carboxylic acids is 1. The number of nitrogens with one attached hydrogen (secondary N) is 2. The second-order valence-electron chi connectivity index (χ2n) is 4.98. The van der Waals surface area contributed by atoms with Crippen molar-refractivity contribution in [3.8, 4) is 0 Å². The number of amides is 3. The topological polar surface area (TPSA) is 98.7 Å². The van der Waals surface area contributed by atoms with Crippen LogP contribution in [0, 0.1) is 5.92 Å². The van der Waals surface area contributed by atoms with E-state index >= 15 is 0 Å². The van der Waals surface area contributed by atoms with Crippen LogP contribution in [0.25, 0.3) is 0 Å². The van der Waals surface area contributed by atoms with Crippen molar-refractivity contribution in [1.82, 2.24) is 15.5 Å². The summed E-state index contributed by atoms with van der Waals surface area (Å²) < 4.78 is 0. The summed E-state index contributed by atoms with van der Waals surface area (Å²) in [6.45, 7) is 1.57. The fourth-order valence-electron chi connectivity index (χ4n) is 2.29. The molecule has 114 valence electrons. The van der Waals surface area contributed by atoms with Crippen molar-refractivity contribution >= 4 is 17.9 Å². The van der Waals surface area contributed by atoms with Crippen molar-refractivity contribution in [2.75, 3.05) is 26.7 Å². The van der Waals surface area contributed by atoms with Gasteiger partial charge in [0.05, 0.1) is 5.92 Å². The van der Waals surface area contributed by atoms with Gasteiger partial charge in [-0.15, -0.1) is 0 Å². The summed E-state index contributed by atoms with van der Waals surface area (Å²) in [5.74, 6) is -0.976. The summed E-state index contributed by atoms with van der Waals surface area (Å²) in [6.07, 6.45) is 2.95. The maximum absolute atomic E-state index is 11.9. The summed E-state index contributed by atoms with van der Waals surface area (Å²) in [4.78, 5) is 35.5. The van der Waals surface area contributed by atoms with Crippen molar-refractivity contribution < 1.29 is 19.5 Å². The zero-order valence-electron chi connectivity index (χ0n) is 11.9. The average molecular weight is 285 g/mol. The van der Waals surface area contributed by atoms with Crippen LogP contribution in [0.3, 0.4) is 0 Å². The molecule has 1 atom stereocenters. The van der Waals surface area contributed by atoms with Crippen molar-refractivity contribution in [3.05, 3.63) is 0 Å². The number of carbonyl (C=O) groups is 3. The highest BCUT2D eigenvalue weighted by Crippen LogP contribution is 2.16. The zero-order chi connectivity index (χ0) is 15.0. The molecular weight excluding hydrogens is 262 g/mol. The molecule has 1 heterocycles. The van der Waals surface area contributed by atoms with E-state index in [1.807, 2.05) is 0 Å². The number of nitrogens with zero attached hydrogens (tertiary/aromatic N) is 1. The molecule has 1 aliphatic heterocycles. The molecule has 0 saturated carbocycles. The highest BCUT2D eigenvalue weighted by Gasteiger charge is 2.27. The van der Waals surface area contributed by atoms with Gasteiger partial charge in [-0.2, -0.15) is 0 Å². The van der Waals surface area contributed by atoms with Gasteiger partial charge in [-0.25, -0.2) is 4.79 Å². The van der Waals surface area contributed by atoms with E-state index in [1.165, 1.54) is 0 Å². The molecule has 0 aliphatic carbocycles. The Labute approximate surface area is 118 Å². The summed E-state index contributed by atoms with van der Waals surface area (Å²) in [5.41, 5.74) is 0. The van der Waals surface area contributed by atoms with Crippen LogP contribution in [0.15, 0.2) is 0 Å². The van der Waals surface area contributed by atoms with Crippen LogP contribution in [0.4, 0.5) is 4.79 Å². The Hall–Kier alpha value is -1.79. The van der Waals surface area contributed by atoms with E-state index in [9.17, 15) is 14.4 Å². The number of piperidine rings is 1. The van der Waals surface area contributed by atoms with E-state index < -0.39 is 5.97 Å². The highest BCUT2D eigenvalue weighted by molar-refractivity contribution is 5.80.